The van der Waals surface area contributed by atoms with Crippen molar-refractivity contribution in [3.8, 4) is 11.5 Å². The van der Waals surface area contributed by atoms with Crippen molar-refractivity contribution < 1.29 is 37.4 Å². The average molecular weight is 566 g/mol. The Kier molecular flexibility index (Phi) is 8.96. The number of benzene rings is 2. The quantitative estimate of drug-likeness (QED) is 0.243. The fourth-order valence-corrected chi connectivity index (χ4v) is 4.15. The second-order valence-electron chi connectivity index (χ2n) is 9.32. The molecule has 4 aromatic rings. The Hall–Kier alpha value is -4.80. The number of nitrogens with zero attached hydrogens (tertiary/aromatic N) is 1. The lowest BCUT2D eigenvalue weighted by atomic mass is 10.1. The van der Waals surface area contributed by atoms with Gasteiger partial charge in [-0.15, -0.1) is 0 Å². The minimum atomic E-state index is -0.909. The summed E-state index contributed by atoms with van der Waals surface area (Å²) in [6.45, 7) is 4.57. The van der Waals surface area contributed by atoms with E-state index >= 15 is 0 Å². The highest BCUT2D eigenvalue weighted by Gasteiger charge is 2.21. The lowest BCUT2D eigenvalue weighted by molar-refractivity contribution is -0.149. The van der Waals surface area contributed by atoms with Crippen LogP contribution in [0.2, 0.25) is 0 Å². The molecule has 0 spiro atoms. The zero-order valence-electron chi connectivity index (χ0n) is 23.5. The molecular formula is C30H31NO10. The molecule has 11 heteroatoms. The van der Waals surface area contributed by atoms with E-state index in [2.05, 4.69) is 0 Å². The molecule has 4 rings (SSSR count). The molecule has 0 aliphatic carbocycles. The molecule has 41 heavy (non-hydrogen) atoms. The first kappa shape index (κ1) is 29.2. The SMILES string of the molecule is CCOC(=O)c1cc(=O)c2c(OCC(COc3cc(N(C)C)cc4oc(CC)cc(=O)c34)OC(C)=O)cccc2o1. The summed E-state index contributed by atoms with van der Waals surface area (Å²) in [5.74, 6) is -0.582. The van der Waals surface area contributed by atoms with Crippen molar-refractivity contribution in [1.29, 1.82) is 0 Å². The van der Waals surface area contributed by atoms with Crippen LogP contribution in [0, 0.1) is 0 Å². The van der Waals surface area contributed by atoms with Crippen LogP contribution in [0.3, 0.4) is 0 Å². The molecule has 1 atom stereocenters. The number of rotatable bonds is 11. The van der Waals surface area contributed by atoms with Gasteiger partial charge in [-0.2, -0.15) is 0 Å². The zero-order chi connectivity index (χ0) is 29.7. The van der Waals surface area contributed by atoms with E-state index in [-0.39, 0.29) is 58.9 Å². The molecule has 0 saturated heterocycles. The van der Waals surface area contributed by atoms with Crippen LogP contribution >= 0.6 is 0 Å². The van der Waals surface area contributed by atoms with Crippen LogP contribution in [0.1, 0.15) is 37.1 Å². The maximum absolute atomic E-state index is 12.9. The number of hydrogen-bond donors (Lipinski definition) is 0. The molecule has 2 heterocycles. The van der Waals surface area contributed by atoms with Crippen LogP contribution in [0.15, 0.2) is 60.9 Å². The number of aryl methyl sites for hydroxylation is 1. The number of ether oxygens (including phenoxy) is 4. The van der Waals surface area contributed by atoms with Gasteiger partial charge >= 0.3 is 11.9 Å². The van der Waals surface area contributed by atoms with E-state index in [4.69, 9.17) is 27.8 Å². The molecule has 2 aromatic heterocycles. The molecule has 0 radical (unpaired) electrons. The molecule has 2 aromatic carbocycles. The third-order valence-corrected chi connectivity index (χ3v) is 6.07. The minimum Gasteiger partial charge on any atom is -0.489 e. The molecule has 216 valence electrons. The van der Waals surface area contributed by atoms with Gasteiger partial charge in [0.15, 0.2) is 17.0 Å². The minimum absolute atomic E-state index is 0.108. The Morgan fingerprint density at radius 3 is 2.22 bits per heavy atom. The summed E-state index contributed by atoms with van der Waals surface area (Å²) in [6.07, 6.45) is -0.357. The smallest absolute Gasteiger partial charge is 0.374 e. The van der Waals surface area contributed by atoms with Crippen molar-refractivity contribution in [2.45, 2.75) is 33.3 Å². The summed E-state index contributed by atoms with van der Waals surface area (Å²) in [5, 5.41) is 0.372. The molecule has 0 bridgehead atoms. The first-order chi connectivity index (χ1) is 19.6. The molecule has 0 N–H and O–H groups in total. The maximum atomic E-state index is 12.9. The maximum Gasteiger partial charge on any atom is 0.374 e. The third kappa shape index (κ3) is 6.68. The van der Waals surface area contributed by atoms with E-state index < -0.39 is 23.5 Å². The van der Waals surface area contributed by atoms with Gasteiger partial charge in [-0.1, -0.05) is 13.0 Å². The number of carbonyl (C=O) groups excluding carboxylic acids is 2. The van der Waals surface area contributed by atoms with E-state index in [9.17, 15) is 19.2 Å². The second-order valence-corrected chi connectivity index (χ2v) is 9.32. The number of fused-ring (bicyclic) bond motifs is 2. The number of anilines is 1. The van der Waals surface area contributed by atoms with Crippen molar-refractivity contribution in [2.75, 3.05) is 38.8 Å². The summed E-state index contributed by atoms with van der Waals surface area (Å²) in [7, 11) is 3.69. The molecule has 0 fully saturated rings. The van der Waals surface area contributed by atoms with Crippen LogP contribution in [-0.4, -0.2) is 52.0 Å². The van der Waals surface area contributed by atoms with Crippen LogP contribution < -0.4 is 25.2 Å². The Morgan fingerprint density at radius 1 is 0.878 bits per heavy atom. The summed E-state index contributed by atoms with van der Waals surface area (Å²) in [6, 6.07) is 10.6. The van der Waals surface area contributed by atoms with Crippen molar-refractivity contribution in [3.63, 3.8) is 0 Å². The van der Waals surface area contributed by atoms with Gasteiger partial charge in [0.2, 0.25) is 5.76 Å². The van der Waals surface area contributed by atoms with Crippen molar-refractivity contribution in [1.82, 2.24) is 0 Å². The van der Waals surface area contributed by atoms with Gasteiger partial charge in [0.25, 0.3) is 0 Å². The second kappa shape index (κ2) is 12.6. The van der Waals surface area contributed by atoms with Gasteiger partial charge in [-0.05, 0) is 19.1 Å². The lowest BCUT2D eigenvalue weighted by Crippen LogP contribution is -2.30. The lowest BCUT2D eigenvalue weighted by Gasteiger charge is -2.20. The van der Waals surface area contributed by atoms with Gasteiger partial charge in [0.05, 0.1) is 6.61 Å². The average Bonchev–Trinajstić information content (AvgIpc) is 2.93. The highest BCUT2D eigenvalue weighted by molar-refractivity contribution is 5.90. The van der Waals surface area contributed by atoms with E-state index in [1.807, 2.05) is 25.9 Å². The highest BCUT2D eigenvalue weighted by Crippen LogP contribution is 2.30. The zero-order valence-corrected chi connectivity index (χ0v) is 23.5. The summed E-state index contributed by atoms with van der Waals surface area (Å²) in [5.41, 5.74) is 0.488. The van der Waals surface area contributed by atoms with Crippen molar-refractivity contribution >= 4 is 39.6 Å². The highest BCUT2D eigenvalue weighted by atomic mass is 16.6. The monoisotopic (exact) mass is 565 g/mol. The van der Waals surface area contributed by atoms with Gasteiger partial charge in [-0.25, -0.2) is 4.79 Å². The van der Waals surface area contributed by atoms with E-state index in [0.717, 1.165) is 11.8 Å². The van der Waals surface area contributed by atoms with Crippen LogP contribution in [0.4, 0.5) is 5.69 Å². The van der Waals surface area contributed by atoms with Gasteiger partial charge in [-0.3, -0.25) is 14.4 Å². The molecule has 1 unspecified atom stereocenters. The topological polar surface area (TPSA) is 135 Å². The first-order valence-corrected chi connectivity index (χ1v) is 13.1. The van der Waals surface area contributed by atoms with Crippen molar-refractivity contribution in [3.05, 3.63) is 74.4 Å². The molecule has 0 aliphatic rings. The van der Waals surface area contributed by atoms with Crippen LogP contribution in [-0.2, 0) is 20.7 Å². The van der Waals surface area contributed by atoms with Gasteiger partial charge in [0.1, 0.15) is 52.4 Å². The number of hydrogen-bond acceptors (Lipinski definition) is 11. The predicted molar refractivity (Wildman–Crippen MR) is 151 cm³/mol. The summed E-state index contributed by atoms with van der Waals surface area (Å²) >= 11 is 0. The molecule has 11 nitrogen and oxygen atoms in total. The largest absolute Gasteiger partial charge is 0.489 e. The Bertz CT molecular complexity index is 1700. The normalized spacial score (nSPS) is 11.7. The van der Waals surface area contributed by atoms with E-state index in [1.54, 1.807) is 31.2 Å². The third-order valence-electron chi connectivity index (χ3n) is 6.07. The summed E-state index contributed by atoms with van der Waals surface area (Å²) < 4.78 is 33.7. The summed E-state index contributed by atoms with van der Waals surface area (Å²) in [4.78, 5) is 51.5. The Labute approximate surface area is 235 Å². The van der Waals surface area contributed by atoms with Crippen LogP contribution in [0.25, 0.3) is 21.9 Å². The first-order valence-electron chi connectivity index (χ1n) is 13.1. The number of esters is 2. The van der Waals surface area contributed by atoms with E-state index in [0.29, 0.717) is 17.8 Å². The Morgan fingerprint density at radius 2 is 1.56 bits per heavy atom. The van der Waals surface area contributed by atoms with Crippen LogP contribution in [0.5, 0.6) is 11.5 Å². The molecular weight excluding hydrogens is 534 g/mol. The van der Waals surface area contributed by atoms with Crippen molar-refractivity contribution in [2.24, 2.45) is 0 Å². The van der Waals surface area contributed by atoms with E-state index in [1.165, 1.54) is 19.1 Å². The predicted octanol–water partition coefficient (Wildman–Crippen LogP) is 4.09. The standard InChI is InChI=1S/C30H31NO10/c1-6-19-13-21(33)29-25(11-18(31(4)5)12-26(29)40-19)38-16-20(39-17(3)32)15-37-23-9-8-10-24-28(23)22(34)14-27(41-24)30(35)36-7-2/h8-14,20H,6-7,15-16H2,1-5H3. The fourth-order valence-electron chi connectivity index (χ4n) is 4.15. The van der Waals surface area contributed by atoms with Gasteiger partial charge in [0, 0.05) is 57.4 Å². The number of carbonyl (C=O) groups is 2. The molecule has 0 aliphatic heterocycles. The molecule has 0 amide bonds. The fraction of sp³-hybridized carbons (Fsp3) is 0.333. The molecule has 0 saturated carbocycles. The Balaban J connectivity index is 1.60. The van der Waals surface area contributed by atoms with Gasteiger partial charge < -0.3 is 32.7 Å².